The summed E-state index contributed by atoms with van der Waals surface area (Å²) in [6.45, 7) is -3.59. The third kappa shape index (κ3) is 7.87. The average Bonchev–Trinajstić information content (AvgIpc) is 3.35. The molecule has 0 bridgehead atoms. The molecule has 0 aromatic heterocycles. The summed E-state index contributed by atoms with van der Waals surface area (Å²) in [6.07, 6.45) is 0. The van der Waals surface area contributed by atoms with Crippen LogP contribution in [0.2, 0.25) is 0 Å². The van der Waals surface area contributed by atoms with Crippen molar-refractivity contribution in [1.29, 1.82) is 0 Å². The molecular formula is C46H16F20O4. The molecule has 0 spiro atoms. The quantitative estimate of drug-likeness (QED) is 0.0694. The monoisotopic (exact) mass is 1010 g/mol. The van der Waals surface area contributed by atoms with Gasteiger partial charge in [0.25, 0.3) is 0 Å². The van der Waals surface area contributed by atoms with Crippen LogP contribution in [0.5, 0.6) is 23.0 Å². The number of hydrogen-bond acceptors (Lipinski definition) is 4. The fraction of sp³-hybridized carbons (Fsp3) is 0.0870. The first-order valence-electron chi connectivity index (χ1n) is 19.1. The number of hydrogen-bond donors (Lipinski definition) is 0. The Kier molecular flexibility index (Phi) is 12.8. The van der Waals surface area contributed by atoms with Gasteiger partial charge in [0, 0.05) is 0 Å². The largest absolute Gasteiger partial charge is 0.485 e. The van der Waals surface area contributed by atoms with E-state index in [1.54, 1.807) is 0 Å². The van der Waals surface area contributed by atoms with Gasteiger partial charge in [-0.3, -0.25) is 0 Å². The second kappa shape index (κ2) is 18.3. The van der Waals surface area contributed by atoms with E-state index < -0.39 is 198 Å². The molecule has 0 unspecified atom stereocenters. The summed E-state index contributed by atoms with van der Waals surface area (Å²) >= 11 is 0. The number of halogens is 20. The Balaban J connectivity index is 1.01. The average molecular weight is 1010 g/mol. The van der Waals surface area contributed by atoms with E-state index in [2.05, 4.69) is 0 Å². The molecule has 0 atom stereocenters. The van der Waals surface area contributed by atoms with E-state index >= 15 is 26.3 Å². The van der Waals surface area contributed by atoms with E-state index in [4.69, 9.17) is 18.9 Å². The lowest BCUT2D eigenvalue weighted by Gasteiger charge is -2.17. The highest BCUT2D eigenvalue weighted by Crippen LogP contribution is 2.45. The Morgan fingerprint density at radius 3 is 0.514 bits per heavy atom. The highest BCUT2D eigenvalue weighted by Gasteiger charge is 2.35. The number of fused-ring (bicyclic) bond motifs is 3. The Hall–Kier alpha value is -7.66. The first-order valence-corrected chi connectivity index (χ1v) is 19.1. The van der Waals surface area contributed by atoms with Crippen molar-refractivity contribution in [2.45, 2.75) is 26.4 Å². The molecule has 0 amide bonds. The van der Waals surface area contributed by atoms with Crippen LogP contribution in [0.1, 0.15) is 22.3 Å². The summed E-state index contributed by atoms with van der Waals surface area (Å²) in [5.74, 6) is -53.8. The fourth-order valence-corrected chi connectivity index (χ4v) is 7.04. The highest BCUT2D eigenvalue weighted by molar-refractivity contribution is 5.95. The molecule has 70 heavy (non-hydrogen) atoms. The van der Waals surface area contributed by atoms with Crippen LogP contribution in [0.3, 0.4) is 0 Å². The molecule has 0 saturated heterocycles. The summed E-state index contributed by atoms with van der Waals surface area (Å²) in [5.41, 5.74) is -0.227. The molecule has 0 aliphatic carbocycles. The van der Waals surface area contributed by atoms with Gasteiger partial charge in [-0.25, -0.2) is 70.2 Å². The second-order valence-electron chi connectivity index (χ2n) is 14.6. The van der Waals surface area contributed by atoms with Gasteiger partial charge in [-0.2, -0.15) is 17.6 Å². The Morgan fingerprint density at radius 2 is 0.329 bits per heavy atom. The van der Waals surface area contributed by atoms with Gasteiger partial charge in [0.1, 0.15) is 26.4 Å². The van der Waals surface area contributed by atoms with Gasteiger partial charge >= 0.3 is 0 Å². The second-order valence-corrected chi connectivity index (χ2v) is 14.6. The zero-order valence-electron chi connectivity index (χ0n) is 33.6. The van der Waals surface area contributed by atoms with E-state index in [9.17, 15) is 61.5 Å². The van der Waals surface area contributed by atoms with E-state index in [-0.39, 0.29) is 22.3 Å². The van der Waals surface area contributed by atoms with E-state index in [0.717, 1.165) is 48.5 Å². The molecule has 4 nitrogen and oxygen atoms in total. The minimum absolute atomic E-state index is 0.0563. The maximum atomic E-state index is 15.4. The van der Waals surface area contributed by atoms with E-state index in [1.807, 2.05) is 0 Å². The van der Waals surface area contributed by atoms with Gasteiger partial charge < -0.3 is 18.9 Å². The first kappa shape index (κ1) is 48.8. The van der Waals surface area contributed by atoms with E-state index in [0.29, 0.717) is 0 Å². The molecule has 8 aromatic carbocycles. The van der Waals surface area contributed by atoms with Gasteiger partial charge in [-0.05, 0) is 22.3 Å². The maximum Gasteiger partial charge on any atom is 0.204 e. The van der Waals surface area contributed by atoms with Crippen LogP contribution in [0.25, 0.3) is 32.3 Å². The van der Waals surface area contributed by atoms with Crippen molar-refractivity contribution in [3.8, 4) is 23.0 Å². The predicted molar refractivity (Wildman–Crippen MR) is 201 cm³/mol. The Labute approximate surface area is 375 Å². The van der Waals surface area contributed by atoms with Crippen LogP contribution in [0.4, 0.5) is 87.8 Å². The number of benzene rings is 8. The van der Waals surface area contributed by atoms with Gasteiger partial charge in [0.05, 0.1) is 32.3 Å². The lowest BCUT2D eigenvalue weighted by molar-refractivity contribution is 0.276. The van der Waals surface area contributed by atoms with Crippen molar-refractivity contribution in [1.82, 2.24) is 0 Å². The molecule has 0 radical (unpaired) electrons. The Morgan fingerprint density at radius 1 is 0.186 bits per heavy atom. The van der Waals surface area contributed by atoms with Crippen LogP contribution in [0, 0.1) is 116 Å². The summed E-state index contributed by atoms with van der Waals surface area (Å²) in [7, 11) is 0. The molecule has 24 heteroatoms. The predicted octanol–water partition coefficient (Wildman–Crippen LogP) is 14.2. The van der Waals surface area contributed by atoms with Crippen LogP contribution in [-0.4, -0.2) is 0 Å². The molecule has 8 aromatic rings. The Bertz CT molecular complexity index is 3250. The number of ether oxygens (including phenoxy) is 4. The molecule has 0 heterocycles. The first-order chi connectivity index (χ1) is 33.1. The van der Waals surface area contributed by atoms with Crippen molar-refractivity contribution in [3.63, 3.8) is 0 Å². The van der Waals surface area contributed by atoms with Gasteiger partial charge in [0.15, 0.2) is 116 Å². The standard InChI is InChI=1S/C46H16F20O4/c47-23-17-19(27(51)33(57)31(23)55)43(39(63)35(59)25(17)49)67-9-13-1-5-15(6-2-13)11-69-45-21-22(30(54)37(61)41(45)65)46(42(66)38(62)29(21)53)70-12-16-7-3-14(4-8-16)10-68-44-20-18(26(50)36(60)40(44)64)24(48)32(56)34(58)28(20)52/h1-8H,9-12H2. The third-order valence-electron chi connectivity index (χ3n) is 10.5. The molecule has 8 rings (SSSR count). The van der Waals surface area contributed by atoms with Crippen LogP contribution < -0.4 is 18.9 Å². The fourth-order valence-electron chi connectivity index (χ4n) is 7.04. The molecule has 0 aliphatic heterocycles. The van der Waals surface area contributed by atoms with E-state index in [1.165, 1.54) is 0 Å². The third-order valence-corrected chi connectivity index (χ3v) is 10.5. The molecule has 0 aliphatic rings. The topological polar surface area (TPSA) is 36.9 Å². The molecule has 0 fully saturated rings. The lowest BCUT2D eigenvalue weighted by Crippen LogP contribution is -2.09. The zero-order valence-corrected chi connectivity index (χ0v) is 33.6. The lowest BCUT2D eigenvalue weighted by atomic mass is 10.0. The number of rotatable bonds is 12. The highest BCUT2D eigenvalue weighted by atomic mass is 19.2. The molecular weight excluding hydrogens is 996 g/mol. The van der Waals surface area contributed by atoms with Crippen molar-refractivity contribution in [3.05, 3.63) is 187 Å². The summed E-state index contributed by atoms with van der Waals surface area (Å²) in [5, 5.41) is -9.91. The summed E-state index contributed by atoms with van der Waals surface area (Å²) in [6, 6.07) is 8.68. The normalized spacial score (nSPS) is 11.7. The summed E-state index contributed by atoms with van der Waals surface area (Å²) < 4.78 is 311. The minimum atomic E-state index is -2.54. The van der Waals surface area contributed by atoms with Gasteiger partial charge in [-0.15, -0.1) is 0 Å². The van der Waals surface area contributed by atoms with Gasteiger partial charge in [0.2, 0.25) is 23.3 Å². The maximum absolute atomic E-state index is 15.4. The van der Waals surface area contributed by atoms with Crippen molar-refractivity contribution in [2.75, 3.05) is 0 Å². The van der Waals surface area contributed by atoms with Crippen LogP contribution in [0.15, 0.2) is 48.5 Å². The minimum Gasteiger partial charge on any atom is -0.485 e. The zero-order chi connectivity index (χ0) is 50.9. The van der Waals surface area contributed by atoms with Crippen molar-refractivity contribution in [2.24, 2.45) is 0 Å². The van der Waals surface area contributed by atoms with Crippen molar-refractivity contribution < 1.29 is 107 Å². The smallest absolute Gasteiger partial charge is 0.204 e. The SMILES string of the molecule is Fc1c(F)c(F)c2c(OCc3ccc(COc4c(F)c(F)c(F)c5c(OCc6ccc(COc7c(F)c(F)c(F)c8c(F)c(F)c(F)c(F)c78)cc6)c(F)c(F)c(F)c45)cc3)c(F)c(F)c(F)c2c1F. The van der Waals surface area contributed by atoms with Crippen LogP contribution in [-0.2, 0) is 26.4 Å². The molecule has 0 saturated carbocycles. The molecule has 364 valence electrons. The van der Waals surface area contributed by atoms with Crippen LogP contribution >= 0.6 is 0 Å². The molecule has 0 N–H and O–H groups in total. The van der Waals surface area contributed by atoms with Gasteiger partial charge in [-0.1, -0.05) is 48.5 Å². The summed E-state index contributed by atoms with van der Waals surface area (Å²) in [4.78, 5) is 0. The van der Waals surface area contributed by atoms with Crippen molar-refractivity contribution >= 4 is 32.3 Å².